The fourth-order valence-electron chi connectivity index (χ4n) is 1.85. The summed E-state index contributed by atoms with van der Waals surface area (Å²) in [5.74, 6) is -2.98. The summed E-state index contributed by atoms with van der Waals surface area (Å²) in [6.45, 7) is 10.5. The molecule has 0 radical (unpaired) electrons. The summed E-state index contributed by atoms with van der Waals surface area (Å²) in [5.41, 5.74) is 0. The van der Waals surface area contributed by atoms with Gasteiger partial charge < -0.3 is 4.74 Å². The van der Waals surface area contributed by atoms with E-state index >= 15 is 0 Å². The third-order valence-electron chi connectivity index (χ3n) is 2.93. The minimum absolute atomic E-state index is 0.0814. The number of ether oxygens (including phenoxy) is 1. The Bertz CT molecular complexity index is 318. The standard InChI is InChI=1S/C14H24O4/c1-7-18-14(17)11(13(16)9(4)5)10(6)12(15)8(2)3/h8-11H,7H2,1-6H3. The van der Waals surface area contributed by atoms with Gasteiger partial charge >= 0.3 is 5.97 Å². The SMILES string of the molecule is CCOC(=O)C(C(=O)C(C)C)C(C)C(=O)C(C)C. The second-order valence-electron chi connectivity index (χ2n) is 5.13. The number of ketones is 2. The molecule has 0 fully saturated rings. The van der Waals surface area contributed by atoms with Crippen LogP contribution in [0.4, 0.5) is 0 Å². The molecular weight excluding hydrogens is 232 g/mol. The van der Waals surface area contributed by atoms with E-state index in [4.69, 9.17) is 4.74 Å². The normalized spacial score (nSPS) is 14.4. The zero-order valence-electron chi connectivity index (χ0n) is 12.1. The van der Waals surface area contributed by atoms with E-state index in [0.29, 0.717) is 0 Å². The molecule has 0 aromatic carbocycles. The Hall–Kier alpha value is -1.19. The van der Waals surface area contributed by atoms with Crippen LogP contribution in [-0.4, -0.2) is 24.1 Å². The van der Waals surface area contributed by atoms with Gasteiger partial charge in [0, 0.05) is 17.8 Å². The largest absolute Gasteiger partial charge is 0.465 e. The van der Waals surface area contributed by atoms with Crippen LogP contribution in [-0.2, 0) is 19.1 Å². The summed E-state index contributed by atoms with van der Waals surface area (Å²) >= 11 is 0. The number of rotatable bonds is 7. The Labute approximate surface area is 109 Å². The van der Waals surface area contributed by atoms with Crippen LogP contribution < -0.4 is 0 Å². The molecule has 4 nitrogen and oxygen atoms in total. The van der Waals surface area contributed by atoms with Crippen LogP contribution in [0.25, 0.3) is 0 Å². The van der Waals surface area contributed by atoms with Gasteiger partial charge in [0.25, 0.3) is 0 Å². The fraction of sp³-hybridized carbons (Fsp3) is 0.786. The lowest BCUT2D eigenvalue weighted by atomic mass is 9.80. The fourth-order valence-corrected chi connectivity index (χ4v) is 1.85. The van der Waals surface area contributed by atoms with Crippen molar-refractivity contribution in [3.05, 3.63) is 0 Å². The summed E-state index contributed by atoms with van der Waals surface area (Å²) < 4.78 is 4.91. The predicted molar refractivity (Wildman–Crippen MR) is 69.0 cm³/mol. The molecule has 2 atom stereocenters. The van der Waals surface area contributed by atoms with Crippen LogP contribution in [0.3, 0.4) is 0 Å². The molecule has 0 aromatic heterocycles. The van der Waals surface area contributed by atoms with Crippen molar-refractivity contribution in [3.63, 3.8) is 0 Å². The monoisotopic (exact) mass is 256 g/mol. The van der Waals surface area contributed by atoms with Gasteiger partial charge in [0.2, 0.25) is 0 Å². The van der Waals surface area contributed by atoms with Gasteiger partial charge in [-0.3, -0.25) is 14.4 Å². The zero-order valence-corrected chi connectivity index (χ0v) is 12.1. The van der Waals surface area contributed by atoms with E-state index < -0.39 is 17.8 Å². The van der Waals surface area contributed by atoms with Gasteiger partial charge in [-0.2, -0.15) is 0 Å². The second kappa shape index (κ2) is 7.29. The van der Waals surface area contributed by atoms with Crippen LogP contribution in [0.15, 0.2) is 0 Å². The molecule has 0 aliphatic carbocycles. The van der Waals surface area contributed by atoms with Crippen molar-refractivity contribution in [3.8, 4) is 0 Å². The molecule has 18 heavy (non-hydrogen) atoms. The van der Waals surface area contributed by atoms with Crippen LogP contribution in [0.2, 0.25) is 0 Å². The van der Waals surface area contributed by atoms with Gasteiger partial charge in [0.1, 0.15) is 17.5 Å². The molecule has 0 N–H and O–H groups in total. The van der Waals surface area contributed by atoms with Crippen molar-refractivity contribution >= 4 is 17.5 Å². The van der Waals surface area contributed by atoms with Crippen LogP contribution in [0.5, 0.6) is 0 Å². The summed E-state index contributed by atoms with van der Waals surface area (Å²) in [6, 6.07) is 0. The van der Waals surface area contributed by atoms with E-state index in [2.05, 4.69) is 0 Å². The highest BCUT2D eigenvalue weighted by molar-refractivity contribution is 6.04. The smallest absolute Gasteiger partial charge is 0.317 e. The minimum Gasteiger partial charge on any atom is -0.465 e. The lowest BCUT2D eigenvalue weighted by Crippen LogP contribution is -2.39. The number of carbonyl (C=O) groups is 3. The van der Waals surface area contributed by atoms with Gasteiger partial charge in [-0.05, 0) is 6.92 Å². The molecule has 2 unspecified atom stereocenters. The summed E-state index contributed by atoms with van der Waals surface area (Å²) in [4.78, 5) is 35.9. The molecule has 0 aliphatic heterocycles. The minimum atomic E-state index is -0.972. The van der Waals surface area contributed by atoms with Crippen LogP contribution >= 0.6 is 0 Å². The van der Waals surface area contributed by atoms with Crippen molar-refractivity contribution in [1.82, 2.24) is 0 Å². The first-order chi connectivity index (χ1) is 8.23. The highest BCUT2D eigenvalue weighted by Crippen LogP contribution is 2.22. The summed E-state index contributed by atoms with van der Waals surface area (Å²) in [5, 5.41) is 0. The van der Waals surface area contributed by atoms with Gasteiger partial charge in [-0.25, -0.2) is 0 Å². The molecule has 0 heterocycles. The molecule has 0 bridgehead atoms. The second-order valence-corrected chi connectivity index (χ2v) is 5.13. The molecule has 104 valence electrons. The Balaban J connectivity index is 5.15. The molecule has 0 rings (SSSR count). The number of esters is 1. The van der Waals surface area contributed by atoms with Gasteiger partial charge in [-0.15, -0.1) is 0 Å². The van der Waals surface area contributed by atoms with Crippen molar-refractivity contribution in [2.24, 2.45) is 23.7 Å². The van der Waals surface area contributed by atoms with Gasteiger partial charge in [-0.1, -0.05) is 34.6 Å². The highest BCUT2D eigenvalue weighted by Gasteiger charge is 2.38. The third kappa shape index (κ3) is 4.24. The highest BCUT2D eigenvalue weighted by atomic mass is 16.5. The Morgan fingerprint density at radius 2 is 1.33 bits per heavy atom. The van der Waals surface area contributed by atoms with E-state index in [1.807, 2.05) is 0 Å². The Morgan fingerprint density at radius 3 is 1.67 bits per heavy atom. The average Bonchev–Trinajstić information content (AvgIpc) is 2.27. The van der Waals surface area contributed by atoms with Crippen molar-refractivity contribution in [2.45, 2.75) is 41.5 Å². The number of carbonyl (C=O) groups excluding carboxylic acids is 3. The lowest BCUT2D eigenvalue weighted by molar-refractivity contribution is -0.157. The first-order valence-electron chi connectivity index (χ1n) is 6.48. The summed E-state index contributed by atoms with van der Waals surface area (Å²) in [6.07, 6.45) is 0. The van der Waals surface area contributed by atoms with Gasteiger partial charge in [0.05, 0.1) is 6.61 Å². The molecule has 0 saturated heterocycles. The van der Waals surface area contributed by atoms with E-state index in [-0.39, 0.29) is 30.0 Å². The Kier molecular flexibility index (Phi) is 6.81. The predicted octanol–water partition coefficient (Wildman–Crippen LogP) is 2.25. The van der Waals surface area contributed by atoms with E-state index in [1.165, 1.54) is 0 Å². The maximum Gasteiger partial charge on any atom is 0.317 e. The number of hydrogen-bond donors (Lipinski definition) is 0. The molecule has 4 heteroatoms. The molecule has 0 saturated carbocycles. The van der Waals surface area contributed by atoms with E-state index in [0.717, 1.165) is 0 Å². The van der Waals surface area contributed by atoms with Crippen LogP contribution in [0.1, 0.15) is 41.5 Å². The van der Waals surface area contributed by atoms with E-state index in [1.54, 1.807) is 41.5 Å². The number of Topliss-reactive ketones (excluding diaryl/α,β-unsaturated/α-hetero) is 2. The van der Waals surface area contributed by atoms with E-state index in [9.17, 15) is 14.4 Å². The average molecular weight is 256 g/mol. The Morgan fingerprint density at radius 1 is 0.889 bits per heavy atom. The molecule has 0 aliphatic rings. The molecule has 0 spiro atoms. The third-order valence-corrected chi connectivity index (χ3v) is 2.93. The number of hydrogen-bond acceptors (Lipinski definition) is 4. The first kappa shape index (κ1) is 16.8. The molecule has 0 amide bonds. The quantitative estimate of drug-likeness (QED) is 0.518. The molecular formula is C14H24O4. The summed E-state index contributed by atoms with van der Waals surface area (Å²) in [7, 11) is 0. The molecule has 0 aromatic rings. The topological polar surface area (TPSA) is 60.4 Å². The lowest BCUT2D eigenvalue weighted by Gasteiger charge is -2.23. The first-order valence-corrected chi connectivity index (χ1v) is 6.48. The maximum absolute atomic E-state index is 12.1. The van der Waals surface area contributed by atoms with Crippen molar-refractivity contribution in [1.29, 1.82) is 0 Å². The zero-order chi connectivity index (χ0) is 14.5. The van der Waals surface area contributed by atoms with Crippen molar-refractivity contribution in [2.75, 3.05) is 6.61 Å². The van der Waals surface area contributed by atoms with Crippen LogP contribution in [0, 0.1) is 23.7 Å². The van der Waals surface area contributed by atoms with Gasteiger partial charge in [0.15, 0.2) is 0 Å². The van der Waals surface area contributed by atoms with Crippen molar-refractivity contribution < 1.29 is 19.1 Å². The maximum atomic E-state index is 12.1.